The lowest BCUT2D eigenvalue weighted by molar-refractivity contribution is 0.103. The van der Waals surface area contributed by atoms with E-state index in [9.17, 15) is 9.90 Å². The summed E-state index contributed by atoms with van der Waals surface area (Å²) < 4.78 is 5.80. The van der Waals surface area contributed by atoms with Gasteiger partial charge in [0.05, 0.1) is 18.1 Å². The van der Waals surface area contributed by atoms with Crippen LogP contribution in [0.1, 0.15) is 44.9 Å². The van der Waals surface area contributed by atoms with Gasteiger partial charge in [0.25, 0.3) is 5.91 Å². The molecule has 2 aromatic heterocycles. The van der Waals surface area contributed by atoms with Gasteiger partial charge >= 0.3 is 0 Å². The molecular weight excluding hydrogens is 538 g/mol. The maximum atomic E-state index is 13.1. The average Bonchev–Trinajstić information content (AvgIpc) is 3.40. The fourth-order valence-corrected chi connectivity index (χ4v) is 5.92. The van der Waals surface area contributed by atoms with Gasteiger partial charge in [-0.15, -0.1) is 11.3 Å². The zero-order valence-corrected chi connectivity index (χ0v) is 24.1. The Morgan fingerprint density at radius 3 is 2.66 bits per heavy atom. The van der Waals surface area contributed by atoms with Crippen LogP contribution in [0.3, 0.4) is 0 Å². The molecular formula is C30H35N7O3S. The van der Waals surface area contributed by atoms with Crippen molar-refractivity contribution in [3.63, 3.8) is 0 Å². The molecule has 5 N–H and O–H groups in total. The molecule has 0 aliphatic heterocycles. The number of nitrogen functional groups attached to an aromatic ring is 1. The molecule has 1 amide bonds. The molecule has 2 heterocycles. The van der Waals surface area contributed by atoms with Gasteiger partial charge in [0.15, 0.2) is 5.82 Å². The number of aliphatic hydroxyl groups excluding tert-OH is 1. The molecule has 11 heteroatoms. The van der Waals surface area contributed by atoms with E-state index in [0.29, 0.717) is 28.3 Å². The number of fused-ring (bicyclic) bond motifs is 1. The Bertz CT molecular complexity index is 1480. The Morgan fingerprint density at radius 2 is 1.90 bits per heavy atom. The highest BCUT2D eigenvalue weighted by atomic mass is 32.1. The normalized spacial score (nSPS) is 12.7. The van der Waals surface area contributed by atoms with E-state index in [4.69, 9.17) is 10.5 Å². The number of nitrogens with zero attached hydrogens (tertiary/aromatic N) is 4. The molecule has 0 radical (unpaired) electrons. The summed E-state index contributed by atoms with van der Waals surface area (Å²) in [4.78, 5) is 30.3. The SMILES string of the molecule is CN(C)CCCOc1ccc(Nc2nc(N)nc(-c3cccc(NC(=O)c4cc5c(s4)CCCC5)c3CO)n2)cc1. The number of nitrogens with two attached hydrogens (primary N) is 1. The number of amides is 1. The highest BCUT2D eigenvalue weighted by Gasteiger charge is 2.20. The van der Waals surface area contributed by atoms with Crippen LogP contribution in [0.15, 0.2) is 48.5 Å². The van der Waals surface area contributed by atoms with E-state index >= 15 is 0 Å². The molecule has 0 bridgehead atoms. The molecule has 10 nitrogen and oxygen atoms in total. The van der Waals surface area contributed by atoms with Crippen LogP contribution in [0.2, 0.25) is 0 Å². The molecule has 0 fully saturated rings. The lowest BCUT2D eigenvalue weighted by Gasteiger charge is -2.14. The minimum absolute atomic E-state index is 0.0286. The van der Waals surface area contributed by atoms with Crippen LogP contribution in [-0.2, 0) is 19.4 Å². The topological polar surface area (TPSA) is 139 Å². The summed E-state index contributed by atoms with van der Waals surface area (Å²) in [6.07, 6.45) is 5.30. The number of benzene rings is 2. The fourth-order valence-electron chi connectivity index (χ4n) is 4.77. The van der Waals surface area contributed by atoms with Crippen molar-refractivity contribution in [2.45, 2.75) is 38.7 Å². The third kappa shape index (κ3) is 7.18. The molecule has 1 aliphatic rings. The van der Waals surface area contributed by atoms with E-state index in [1.807, 2.05) is 44.4 Å². The maximum absolute atomic E-state index is 13.1. The Morgan fingerprint density at radius 1 is 1.10 bits per heavy atom. The number of rotatable bonds is 11. The number of hydrogen-bond acceptors (Lipinski definition) is 10. The van der Waals surface area contributed by atoms with Crippen LogP contribution >= 0.6 is 11.3 Å². The van der Waals surface area contributed by atoms with Crippen LogP contribution in [-0.4, -0.2) is 58.1 Å². The second-order valence-electron chi connectivity index (χ2n) is 10.2. The number of aryl methyl sites for hydroxylation is 2. The van der Waals surface area contributed by atoms with Gasteiger partial charge in [0.1, 0.15) is 5.75 Å². The van der Waals surface area contributed by atoms with Crippen molar-refractivity contribution in [3.8, 4) is 17.1 Å². The predicted molar refractivity (Wildman–Crippen MR) is 163 cm³/mol. The summed E-state index contributed by atoms with van der Waals surface area (Å²) in [5.74, 6) is 1.15. The van der Waals surface area contributed by atoms with Gasteiger partial charge in [-0.1, -0.05) is 12.1 Å². The summed E-state index contributed by atoms with van der Waals surface area (Å²) >= 11 is 1.55. The van der Waals surface area contributed by atoms with E-state index in [1.54, 1.807) is 29.5 Å². The van der Waals surface area contributed by atoms with Crippen molar-refractivity contribution < 1.29 is 14.6 Å². The molecule has 0 saturated heterocycles. The number of anilines is 4. The third-order valence-electron chi connectivity index (χ3n) is 6.83. The van der Waals surface area contributed by atoms with E-state index in [1.165, 1.54) is 10.4 Å². The van der Waals surface area contributed by atoms with Crippen molar-refractivity contribution in [2.24, 2.45) is 0 Å². The summed E-state index contributed by atoms with van der Waals surface area (Å²) in [5.41, 5.74) is 9.61. The fraction of sp³-hybridized carbons (Fsp3) is 0.333. The van der Waals surface area contributed by atoms with Crippen molar-refractivity contribution >= 4 is 40.5 Å². The highest BCUT2D eigenvalue weighted by Crippen LogP contribution is 2.32. The van der Waals surface area contributed by atoms with Crippen molar-refractivity contribution in [2.75, 3.05) is 43.6 Å². The van der Waals surface area contributed by atoms with Gasteiger partial charge in [-0.2, -0.15) is 15.0 Å². The van der Waals surface area contributed by atoms with E-state index in [2.05, 4.69) is 30.5 Å². The van der Waals surface area contributed by atoms with E-state index in [0.717, 1.165) is 50.1 Å². The first-order valence-electron chi connectivity index (χ1n) is 13.7. The summed E-state index contributed by atoms with van der Waals surface area (Å²) in [5, 5.41) is 16.4. The van der Waals surface area contributed by atoms with Crippen LogP contribution in [0.4, 0.5) is 23.3 Å². The number of carbonyl (C=O) groups excluding carboxylic acids is 1. The second-order valence-corrected chi connectivity index (χ2v) is 11.3. The van der Waals surface area contributed by atoms with Gasteiger partial charge in [0, 0.05) is 33.9 Å². The highest BCUT2D eigenvalue weighted by molar-refractivity contribution is 7.14. The first-order chi connectivity index (χ1) is 19.9. The van der Waals surface area contributed by atoms with Gasteiger partial charge in [0.2, 0.25) is 11.9 Å². The Labute approximate surface area is 243 Å². The monoisotopic (exact) mass is 573 g/mol. The van der Waals surface area contributed by atoms with Gasteiger partial charge in [-0.25, -0.2) is 0 Å². The first kappa shape index (κ1) is 28.5. The van der Waals surface area contributed by atoms with Crippen LogP contribution in [0, 0.1) is 0 Å². The standard InChI is InChI=1S/C30H35N7O3S/c1-37(2)15-6-16-40-21-13-11-20(12-14-21)32-30-35-27(34-29(31)36-30)22-8-5-9-24(23(22)18-38)33-28(39)26-17-19-7-3-4-10-25(19)41-26/h5,8-9,11-14,17,38H,3-4,6-7,10,15-16,18H2,1-2H3,(H,33,39)(H3,31,32,34,35,36). The van der Waals surface area contributed by atoms with Crippen molar-refractivity contribution in [1.82, 2.24) is 19.9 Å². The van der Waals surface area contributed by atoms with Gasteiger partial charge < -0.3 is 31.1 Å². The number of nitrogens with one attached hydrogen (secondary N) is 2. The minimum atomic E-state index is -0.322. The molecule has 41 heavy (non-hydrogen) atoms. The Balaban J connectivity index is 1.31. The number of aliphatic hydroxyl groups is 1. The van der Waals surface area contributed by atoms with Crippen LogP contribution in [0.25, 0.3) is 11.4 Å². The molecule has 0 unspecified atom stereocenters. The number of hydrogen-bond donors (Lipinski definition) is 4. The van der Waals surface area contributed by atoms with Crippen molar-refractivity contribution in [3.05, 3.63) is 69.4 Å². The Hall–Kier alpha value is -4.06. The zero-order chi connectivity index (χ0) is 28.8. The summed E-state index contributed by atoms with van der Waals surface area (Å²) in [6.45, 7) is 1.28. The average molecular weight is 574 g/mol. The molecule has 4 aromatic rings. The number of ether oxygens (including phenoxy) is 1. The van der Waals surface area contributed by atoms with E-state index in [-0.39, 0.29) is 30.2 Å². The van der Waals surface area contributed by atoms with Gasteiger partial charge in [-0.05, 0) is 88.2 Å². The lowest BCUT2D eigenvalue weighted by Crippen LogP contribution is -2.15. The Kier molecular flexibility index (Phi) is 9.07. The first-order valence-corrected chi connectivity index (χ1v) is 14.5. The molecule has 214 valence electrons. The number of thiophene rings is 1. The summed E-state index contributed by atoms with van der Waals surface area (Å²) in [6, 6.07) is 14.8. The van der Waals surface area contributed by atoms with Crippen molar-refractivity contribution in [1.29, 1.82) is 0 Å². The lowest BCUT2D eigenvalue weighted by atomic mass is 9.99. The smallest absolute Gasteiger partial charge is 0.265 e. The van der Waals surface area contributed by atoms with Crippen LogP contribution < -0.4 is 21.1 Å². The molecule has 2 aromatic carbocycles. The third-order valence-corrected chi connectivity index (χ3v) is 8.06. The molecule has 0 atom stereocenters. The number of carbonyl (C=O) groups is 1. The minimum Gasteiger partial charge on any atom is -0.494 e. The molecule has 5 rings (SSSR count). The van der Waals surface area contributed by atoms with E-state index < -0.39 is 0 Å². The largest absolute Gasteiger partial charge is 0.494 e. The second kappa shape index (κ2) is 13.1. The molecule has 1 aliphatic carbocycles. The predicted octanol–water partition coefficient (Wildman–Crippen LogP) is 4.88. The quantitative estimate of drug-likeness (QED) is 0.185. The zero-order valence-electron chi connectivity index (χ0n) is 23.3. The molecule has 0 saturated carbocycles. The number of aromatic nitrogens is 3. The van der Waals surface area contributed by atoms with Crippen LogP contribution in [0.5, 0.6) is 5.75 Å². The maximum Gasteiger partial charge on any atom is 0.265 e. The summed E-state index contributed by atoms with van der Waals surface area (Å²) in [7, 11) is 4.08. The van der Waals surface area contributed by atoms with Gasteiger partial charge in [-0.3, -0.25) is 4.79 Å². The molecule has 0 spiro atoms.